The summed E-state index contributed by atoms with van der Waals surface area (Å²) in [4.78, 5) is 3.39. The molecule has 0 aliphatic heterocycles. The van der Waals surface area contributed by atoms with Gasteiger partial charge in [-0.3, -0.25) is 0 Å². The normalized spacial score (nSPS) is 11.5. The van der Waals surface area contributed by atoms with Crippen molar-refractivity contribution in [1.82, 2.24) is 4.98 Å². The first-order valence-electron chi connectivity index (χ1n) is 18.5. The summed E-state index contributed by atoms with van der Waals surface area (Å²) in [5.41, 5.74) is 19.3. The number of nitrogens with two attached hydrogens (primary N) is 1. The summed E-state index contributed by atoms with van der Waals surface area (Å²) in [7, 11) is 0. The summed E-state index contributed by atoms with van der Waals surface area (Å²) >= 11 is 0. The van der Waals surface area contributed by atoms with Gasteiger partial charge in [0.25, 0.3) is 0 Å². The minimum absolute atomic E-state index is 0.745. The third-order valence-corrected chi connectivity index (χ3v) is 9.71. The quantitative estimate of drug-likeness (QED) is 0.187. The molecule has 2 heterocycles. The van der Waals surface area contributed by atoms with Crippen LogP contribution in [0.15, 0.2) is 193 Å². The molecule has 0 amide bonds. The van der Waals surface area contributed by atoms with E-state index in [1.807, 2.05) is 61.5 Å². The first-order valence-corrected chi connectivity index (χ1v) is 18.5. The molecule has 0 aliphatic carbocycles. The van der Waals surface area contributed by atoms with Crippen LogP contribution in [0.25, 0.3) is 84.6 Å². The molecule has 0 unspecified atom stereocenters. The summed E-state index contributed by atoms with van der Waals surface area (Å²) in [6.07, 6.45) is 5.62. The fraction of sp³-hybridized carbons (Fsp3) is 0.0385. The highest BCUT2D eigenvalue weighted by Gasteiger charge is 2.11. The van der Waals surface area contributed by atoms with Gasteiger partial charge in [-0.2, -0.15) is 0 Å². The summed E-state index contributed by atoms with van der Waals surface area (Å²) in [5, 5.41) is 5.45. The Morgan fingerprint density at radius 2 is 1.13 bits per heavy atom. The van der Waals surface area contributed by atoms with Gasteiger partial charge in [-0.25, -0.2) is 0 Å². The van der Waals surface area contributed by atoms with E-state index in [1.54, 1.807) is 6.08 Å². The van der Waals surface area contributed by atoms with Crippen molar-refractivity contribution in [2.24, 2.45) is 5.73 Å². The Morgan fingerprint density at radius 3 is 1.78 bits per heavy atom. The first kappa shape index (κ1) is 36.3. The Hall–Kier alpha value is -7.10. The summed E-state index contributed by atoms with van der Waals surface area (Å²) < 4.78 is 5.89. The molecule has 9 rings (SSSR count). The van der Waals surface area contributed by atoms with Crippen LogP contribution in [0.4, 0.5) is 0 Å². The Balaban J connectivity index is 0.000000127. The maximum atomic E-state index is 5.98. The molecule has 0 radical (unpaired) electrons. The van der Waals surface area contributed by atoms with Gasteiger partial charge in [0.05, 0.1) is 0 Å². The monoisotopic (exact) mass is 712 g/mol. The zero-order chi connectivity index (χ0) is 38.1. The Labute approximate surface area is 322 Å². The molecular formula is C52H44N2O. The molecule has 0 atom stereocenters. The molecule has 0 saturated heterocycles. The largest absolute Gasteiger partial charge is 0.455 e. The number of H-pyrrole nitrogens is 1. The van der Waals surface area contributed by atoms with Gasteiger partial charge in [-0.15, -0.1) is 0 Å². The van der Waals surface area contributed by atoms with Gasteiger partial charge >= 0.3 is 0 Å². The molecule has 55 heavy (non-hydrogen) atoms. The van der Waals surface area contributed by atoms with Crippen molar-refractivity contribution in [3.05, 3.63) is 210 Å². The number of para-hydroxylation sites is 2. The van der Waals surface area contributed by atoms with E-state index in [2.05, 4.69) is 152 Å². The van der Waals surface area contributed by atoms with Crippen molar-refractivity contribution in [2.75, 3.05) is 0 Å². The highest BCUT2D eigenvalue weighted by atomic mass is 16.3. The van der Waals surface area contributed by atoms with Gasteiger partial charge in [0, 0.05) is 43.5 Å². The smallest absolute Gasteiger partial charge is 0.144 e. The lowest BCUT2D eigenvalue weighted by molar-refractivity contribution is 0.667. The molecule has 3 N–H and O–H groups in total. The van der Waals surface area contributed by atoms with Crippen LogP contribution in [0.5, 0.6) is 0 Å². The van der Waals surface area contributed by atoms with Gasteiger partial charge < -0.3 is 15.1 Å². The minimum Gasteiger partial charge on any atom is -0.455 e. The van der Waals surface area contributed by atoms with E-state index in [4.69, 9.17) is 10.2 Å². The van der Waals surface area contributed by atoms with Crippen LogP contribution >= 0.6 is 0 Å². The second kappa shape index (κ2) is 16.7. The van der Waals surface area contributed by atoms with Crippen LogP contribution in [0.3, 0.4) is 0 Å². The number of allylic oxidation sites excluding steroid dienone is 2. The van der Waals surface area contributed by atoms with Gasteiger partial charge in [-0.1, -0.05) is 176 Å². The van der Waals surface area contributed by atoms with E-state index in [1.165, 1.54) is 38.9 Å². The molecule has 3 heteroatoms. The second-order valence-corrected chi connectivity index (χ2v) is 13.4. The Morgan fingerprint density at radius 1 is 0.582 bits per heavy atom. The van der Waals surface area contributed by atoms with Crippen molar-refractivity contribution < 1.29 is 4.42 Å². The molecule has 3 nitrogen and oxygen atoms in total. The summed E-state index contributed by atoms with van der Waals surface area (Å²) in [6, 6.07) is 58.8. The van der Waals surface area contributed by atoms with E-state index in [-0.39, 0.29) is 0 Å². The van der Waals surface area contributed by atoms with E-state index < -0.39 is 0 Å². The molecule has 0 fully saturated rings. The highest BCUT2D eigenvalue weighted by Crippen LogP contribution is 2.32. The van der Waals surface area contributed by atoms with Crippen molar-refractivity contribution in [1.29, 1.82) is 0 Å². The zero-order valence-corrected chi connectivity index (χ0v) is 31.3. The predicted molar refractivity (Wildman–Crippen MR) is 237 cm³/mol. The third kappa shape index (κ3) is 8.12. The highest BCUT2D eigenvalue weighted by molar-refractivity contribution is 6.07. The average Bonchev–Trinajstić information content (AvgIpc) is 3.78. The molecule has 268 valence electrons. The zero-order valence-electron chi connectivity index (χ0n) is 31.3. The number of nitrogens with one attached hydrogen (secondary N) is 1. The number of rotatable bonds is 5. The maximum Gasteiger partial charge on any atom is 0.144 e. The molecule has 0 saturated carbocycles. The molecule has 9 aromatic rings. The van der Waals surface area contributed by atoms with Crippen LogP contribution in [0.2, 0.25) is 0 Å². The standard InChI is InChI=1S/C19H16.C18H15N.C15H13NO/c1-15-10-12-17(13-11-15)19-9-5-8-18(14-19)16-6-3-2-4-7-16;1-3-7-17-13(2)16-11-10-15(12-18(16)19-17)14-8-5-4-6-9-14;1-2-13(16)12-8-5-7-11-10-6-3-4-9-14(10)17-15(11)12/h2-14H,1H3;3-12,19H,1-2H2;2-9H,16H2,1H3/b;17-7+;13-2-. The molecular weight excluding hydrogens is 669 g/mol. The minimum atomic E-state index is 0.745. The lowest BCUT2D eigenvalue weighted by atomic mass is 9.99. The van der Waals surface area contributed by atoms with Crippen LogP contribution in [-0.4, -0.2) is 4.98 Å². The first-order chi connectivity index (χ1) is 26.9. The van der Waals surface area contributed by atoms with E-state index in [0.29, 0.717) is 0 Å². The summed E-state index contributed by atoms with van der Waals surface area (Å²) in [5.74, 6) is 0. The van der Waals surface area contributed by atoms with Gasteiger partial charge in [0.15, 0.2) is 0 Å². The van der Waals surface area contributed by atoms with E-state index in [9.17, 15) is 0 Å². The van der Waals surface area contributed by atoms with E-state index >= 15 is 0 Å². The molecule has 0 bridgehead atoms. The number of hydrogen-bond acceptors (Lipinski definition) is 2. The molecule has 0 aliphatic rings. The number of aromatic amines is 1. The van der Waals surface area contributed by atoms with Crippen LogP contribution in [0.1, 0.15) is 18.1 Å². The molecule has 7 aromatic carbocycles. The average molecular weight is 713 g/mol. The SMILES string of the molecule is C/C=C(\N)c1cccc2c1oc1ccccc12.C=C/C=c1/[nH]c2cc(-c3ccccc3)ccc2c1=C.Cc1ccc(-c2cccc(-c3ccccc3)c2)cc1. The predicted octanol–water partition coefficient (Wildman–Crippen LogP) is 12.4. The number of aryl methyl sites for hydroxylation is 1. The number of aromatic nitrogens is 1. The topological polar surface area (TPSA) is 54.9 Å². The number of furan rings is 1. The van der Waals surface area contributed by atoms with Crippen molar-refractivity contribution >= 4 is 51.2 Å². The maximum absolute atomic E-state index is 5.98. The van der Waals surface area contributed by atoms with Crippen LogP contribution < -0.4 is 16.3 Å². The lowest BCUT2D eigenvalue weighted by Gasteiger charge is -2.06. The Kier molecular flexibility index (Phi) is 11.0. The second-order valence-electron chi connectivity index (χ2n) is 13.4. The van der Waals surface area contributed by atoms with Crippen molar-refractivity contribution in [3.8, 4) is 33.4 Å². The van der Waals surface area contributed by atoms with Crippen molar-refractivity contribution in [3.63, 3.8) is 0 Å². The van der Waals surface area contributed by atoms with Gasteiger partial charge in [0.1, 0.15) is 11.2 Å². The fourth-order valence-electron chi connectivity index (χ4n) is 6.73. The lowest BCUT2D eigenvalue weighted by Crippen LogP contribution is -2.20. The van der Waals surface area contributed by atoms with Crippen molar-refractivity contribution in [2.45, 2.75) is 13.8 Å². The van der Waals surface area contributed by atoms with Gasteiger partial charge in [-0.05, 0) is 77.6 Å². The van der Waals surface area contributed by atoms with Gasteiger partial charge in [0.2, 0.25) is 0 Å². The Bertz CT molecular complexity index is 2860. The number of benzene rings is 7. The molecule has 2 aromatic heterocycles. The fourth-order valence-corrected chi connectivity index (χ4v) is 6.73. The molecule has 0 spiro atoms. The summed E-state index contributed by atoms with van der Waals surface area (Å²) in [6.45, 7) is 11.9. The van der Waals surface area contributed by atoms with Crippen LogP contribution in [-0.2, 0) is 0 Å². The number of hydrogen-bond donors (Lipinski definition) is 2. The van der Waals surface area contributed by atoms with E-state index in [0.717, 1.165) is 54.7 Å². The van der Waals surface area contributed by atoms with Crippen LogP contribution in [0, 0.1) is 6.92 Å². The number of fused-ring (bicyclic) bond motifs is 4. The third-order valence-electron chi connectivity index (χ3n) is 9.71.